The summed E-state index contributed by atoms with van der Waals surface area (Å²) in [6.45, 7) is 3.73. The summed E-state index contributed by atoms with van der Waals surface area (Å²) in [6.07, 6.45) is 1.66. The zero-order valence-corrected chi connectivity index (χ0v) is 21.1. The molecule has 0 fully saturated rings. The van der Waals surface area contributed by atoms with Crippen LogP contribution in [0.4, 0.5) is 5.69 Å². The summed E-state index contributed by atoms with van der Waals surface area (Å²) >= 11 is 1.21. The van der Waals surface area contributed by atoms with Gasteiger partial charge in [-0.15, -0.1) is 16.8 Å². The molecule has 0 aliphatic rings. The lowest BCUT2D eigenvalue weighted by Gasteiger charge is -2.17. The maximum atomic E-state index is 12.7. The molecule has 0 spiro atoms. The number of thioether (sulfide) groups is 1. The van der Waals surface area contributed by atoms with Gasteiger partial charge in [-0.25, -0.2) is 0 Å². The number of methoxy groups -OCH3 is 1. The molecule has 0 aliphatic carbocycles. The van der Waals surface area contributed by atoms with Crippen molar-refractivity contribution in [2.75, 3.05) is 24.8 Å². The fraction of sp³-hybridized carbons (Fsp3) is 0.185. The Morgan fingerprint density at radius 3 is 2.57 bits per heavy atom. The van der Waals surface area contributed by atoms with Crippen LogP contribution in [0.3, 0.4) is 0 Å². The van der Waals surface area contributed by atoms with Gasteiger partial charge < -0.3 is 25.0 Å². The third-order valence-electron chi connectivity index (χ3n) is 5.57. The normalized spacial score (nSPS) is 11.6. The van der Waals surface area contributed by atoms with E-state index in [1.165, 1.54) is 11.8 Å². The number of nitrogens with one attached hydrogen (secondary N) is 2. The lowest BCUT2D eigenvalue weighted by molar-refractivity contribution is -0.113. The van der Waals surface area contributed by atoms with Crippen molar-refractivity contribution in [1.82, 2.24) is 20.1 Å². The third kappa shape index (κ3) is 6.35. The van der Waals surface area contributed by atoms with Crippen molar-refractivity contribution < 1.29 is 19.4 Å². The van der Waals surface area contributed by atoms with Gasteiger partial charge in [0.2, 0.25) is 5.91 Å². The molecule has 2 amide bonds. The Labute approximate surface area is 218 Å². The van der Waals surface area contributed by atoms with E-state index in [9.17, 15) is 14.7 Å². The Morgan fingerprint density at radius 2 is 1.86 bits per heavy atom. The van der Waals surface area contributed by atoms with Crippen LogP contribution in [0.2, 0.25) is 0 Å². The number of anilines is 1. The number of amides is 2. The summed E-state index contributed by atoms with van der Waals surface area (Å²) in [4.78, 5) is 25.4. The van der Waals surface area contributed by atoms with Crippen LogP contribution < -0.4 is 15.4 Å². The molecule has 0 radical (unpaired) electrons. The molecule has 3 aromatic carbocycles. The summed E-state index contributed by atoms with van der Waals surface area (Å²) in [7, 11) is 1.55. The standard InChI is InChI=1S/C27H27N5O4S/c1-3-14-32-25(23(16-33)29-26(35)19-9-12-22(36-2)13-10-19)30-31-27(32)37-17-24(34)28-21-11-8-18-6-4-5-7-20(18)15-21/h3-13,15,23,33H,1,14,16-17H2,2H3,(H,28,34)(H,29,35)/t23-/m0/s1. The van der Waals surface area contributed by atoms with Crippen molar-refractivity contribution in [3.63, 3.8) is 0 Å². The average Bonchev–Trinajstić information content (AvgIpc) is 3.32. The highest BCUT2D eigenvalue weighted by molar-refractivity contribution is 7.99. The monoisotopic (exact) mass is 517 g/mol. The van der Waals surface area contributed by atoms with E-state index < -0.39 is 6.04 Å². The van der Waals surface area contributed by atoms with Crippen LogP contribution in [0.15, 0.2) is 84.5 Å². The first kappa shape index (κ1) is 25.9. The van der Waals surface area contributed by atoms with Crippen LogP contribution >= 0.6 is 11.8 Å². The zero-order chi connectivity index (χ0) is 26.2. The number of carbonyl (C=O) groups is 2. The molecule has 190 valence electrons. The Morgan fingerprint density at radius 1 is 1.11 bits per heavy atom. The van der Waals surface area contributed by atoms with Gasteiger partial charge in [0.1, 0.15) is 11.8 Å². The average molecular weight is 518 g/mol. The number of nitrogens with zero attached hydrogens (tertiary/aromatic N) is 3. The molecule has 0 unspecified atom stereocenters. The Hall–Kier alpha value is -4.15. The molecule has 3 N–H and O–H groups in total. The number of carbonyl (C=O) groups excluding carboxylic acids is 2. The Bertz CT molecular complexity index is 1400. The largest absolute Gasteiger partial charge is 0.497 e. The molecule has 0 saturated carbocycles. The molecule has 37 heavy (non-hydrogen) atoms. The van der Waals surface area contributed by atoms with Gasteiger partial charge in [0.25, 0.3) is 5.91 Å². The number of aromatic nitrogens is 3. The van der Waals surface area contributed by atoms with Crippen LogP contribution in [0.5, 0.6) is 5.75 Å². The van der Waals surface area contributed by atoms with E-state index in [4.69, 9.17) is 4.74 Å². The number of rotatable bonds is 11. The van der Waals surface area contributed by atoms with E-state index in [-0.39, 0.29) is 24.2 Å². The Kier molecular flexibility index (Phi) is 8.55. The van der Waals surface area contributed by atoms with Crippen molar-refractivity contribution in [3.05, 3.63) is 90.8 Å². The zero-order valence-electron chi connectivity index (χ0n) is 20.3. The predicted molar refractivity (Wildman–Crippen MR) is 144 cm³/mol. The summed E-state index contributed by atoms with van der Waals surface area (Å²) < 4.78 is 6.84. The van der Waals surface area contributed by atoms with Gasteiger partial charge in [-0.2, -0.15) is 0 Å². The molecule has 0 saturated heterocycles. The molecular formula is C27H27N5O4S. The van der Waals surface area contributed by atoms with Gasteiger partial charge in [-0.05, 0) is 47.2 Å². The first-order valence-corrected chi connectivity index (χ1v) is 12.5. The number of aliphatic hydroxyl groups excluding tert-OH is 1. The molecule has 0 aliphatic heterocycles. The SMILES string of the molecule is C=CCn1c(SCC(=O)Nc2ccc3ccccc3c2)nnc1[C@H](CO)NC(=O)c1ccc(OC)cc1. The second-order valence-electron chi connectivity index (χ2n) is 8.08. The van der Waals surface area contributed by atoms with Crippen molar-refractivity contribution in [3.8, 4) is 5.75 Å². The van der Waals surface area contributed by atoms with E-state index in [0.29, 0.717) is 34.5 Å². The molecule has 1 aromatic heterocycles. The van der Waals surface area contributed by atoms with E-state index in [1.54, 1.807) is 42.0 Å². The highest BCUT2D eigenvalue weighted by atomic mass is 32.2. The highest BCUT2D eigenvalue weighted by Crippen LogP contribution is 2.23. The van der Waals surface area contributed by atoms with Crippen molar-refractivity contribution in [2.45, 2.75) is 17.7 Å². The van der Waals surface area contributed by atoms with Gasteiger partial charge in [0.05, 0.1) is 19.5 Å². The number of benzene rings is 3. The van der Waals surface area contributed by atoms with E-state index in [2.05, 4.69) is 27.4 Å². The fourth-order valence-corrected chi connectivity index (χ4v) is 4.49. The molecule has 9 nitrogen and oxygen atoms in total. The van der Waals surface area contributed by atoms with Gasteiger partial charge >= 0.3 is 0 Å². The number of allylic oxidation sites excluding steroid dienone is 1. The second-order valence-corrected chi connectivity index (χ2v) is 9.02. The maximum Gasteiger partial charge on any atom is 0.251 e. The minimum absolute atomic E-state index is 0.101. The minimum atomic E-state index is -0.803. The summed E-state index contributed by atoms with van der Waals surface area (Å²) in [5.41, 5.74) is 1.12. The quantitative estimate of drug-likeness (QED) is 0.204. The van der Waals surface area contributed by atoms with Gasteiger partial charge in [0.15, 0.2) is 11.0 Å². The highest BCUT2D eigenvalue weighted by Gasteiger charge is 2.23. The van der Waals surface area contributed by atoms with Crippen molar-refractivity contribution >= 4 is 40.0 Å². The van der Waals surface area contributed by atoms with Crippen LogP contribution in [0, 0.1) is 0 Å². The molecule has 1 atom stereocenters. The summed E-state index contributed by atoms with van der Waals surface area (Å²) in [5.74, 6) is 0.527. The molecule has 0 bridgehead atoms. The first-order valence-electron chi connectivity index (χ1n) is 11.5. The van der Waals surface area contributed by atoms with Crippen LogP contribution in [0.1, 0.15) is 22.2 Å². The smallest absolute Gasteiger partial charge is 0.251 e. The molecule has 10 heteroatoms. The van der Waals surface area contributed by atoms with Crippen LogP contribution in [0.25, 0.3) is 10.8 Å². The third-order valence-corrected chi connectivity index (χ3v) is 6.54. The number of hydrogen-bond donors (Lipinski definition) is 3. The lowest BCUT2D eigenvalue weighted by Crippen LogP contribution is -2.33. The number of aliphatic hydroxyl groups is 1. The van der Waals surface area contributed by atoms with E-state index in [0.717, 1.165) is 10.8 Å². The second kappa shape index (κ2) is 12.2. The Balaban J connectivity index is 1.43. The van der Waals surface area contributed by atoms with Crippen LogP contribution in [-0.2, 0) is 11.3 Å². The van der Waals surface area contributed by atoms with Crippen molar-refractivity contribution in [2.24, 2.45) is 0 Å². The molecule has 1 heterocycles. The first-order chi connectivity index (χ1) is 18.0. The summed E-state index contributed by atoms with van der Waals surface area (Å²) in [5, 5.41) is 26.7. The van der Waals surface area contributed by atoms with E-state index >= 15 is 0 Å². The lowest BCUT2D eigenvalue weighted by atomic mass is 10.1. The van der Waals surface area contributed by atoms with Crippen molar-refractivity contribution in [1.29, 1.82) is 0 Å². The molecule has 4 rings (SSSR count). The minimum Gasteiger partial charge on any atom is -0.497 e. The number of ether oxygens (including phenoxy) is 1. The predicted octanol–water partition coefficient (Wildman–Crippen LogP) is 3.82. The molecular weight excluding hydrogens is 490 g/mol. The van der Waals surface area contributed by atoms with Crippen LogP contribution in [-0.4, -0.2) is 51.2 Å². The van der Waals surface area contributed by atoms with Gasteiger partial charge in [-0.3, -0.25) is 9.59 Å². The summed E-state index contributed by atoms with van der Waals surface area (Å²) in [6, 6.07) is 19.5. The van der Waals surface area contributed by atoms with Gasteiger partial charge in [0, 0.05) is 17.8 Å². The van der Waals surface area contributed by atoms with E-state index in [1.807, 2.05) is 42.5 Å². The van der Waals surface area contributed by atoms with Gasteiger partial charge in [-0.1, -0.05) is 48.2 Å². The number of fused-ring (bicyclic) bond motifs is 1. The maximum absolute atomic E-state index is 12.7. The fourth-order valence-electron chi connectivity index (χ4n) is 3.74. The number of hydrogen-bond acceptors (Lipinski definition) is 7. The molecule has 4 aromatic rings. The topological polar surface area (TPSA) is 118 Å².